The van der Waals surface area contributed by atoms with Crippen LogP contribution in [0, 0.1) is 22.9 Å². The number of hydrogen-bond donors (Lipinski definition) is 3. The van der Waals surface area contributed by atoms with E-state index >= 15 is 0 Å². The number of H-pyrrole nitrogens is 1. The van der Waals surface area contributed by atoms with E-state index in [1.165, 1.54) is 0 Å². The zero-order valence-electron chi connectivity index (χ0n) is 15.3. The van der Waals surface area contributed by atoms with Gasteiger partial charge in [0.15, 0.2) is 23.1 Å². The number of nitrogens with zero attached hydrogens (tertiary/aromatic N) is 3. The van der Waals surface area contributed by atoms with Crippen LogP contribution in [0.25, 0.3) is 22.4 Å². The summed E-state index contributed by atoms with van der Waals surface area (Å²) in [5.74, 6) is -4.00. The highest BCUT2D eigenvalue weighted by Gasteiger charge is 2.29. The highest BCUT2D eigenvalue weighted by Crippen LogP contribution is 2.31. The second-order valence-electron chi connectivity index (χ2n) is 7.43. The number of pyridine rings is 2. The maximum atomic E-state index is 14.4. The van der Waals surface area contributed by atoms with Crippen LogP contribution in [0.2, 0.25) is 0 Å². The van der Waals surface area contributed by atoms with E-state index in [2.05, 4.69) is 25.5 Å². The van der Waals surface area contributed by atoms with Gasteiger partial charge in [-0.2, -0.15) is 5.10 Å². The molecule has 0 bridgehead atoms. The third kappa shape index (κ3) is 3.90. The summed E-state index contributed by atoms with van der Waals surface area (Å²) >= 11 is 0. The van der Waals surface area contributed by atoms with Gasteiger partial charge in [0, 0.05) is 12.1 Å². The highest BCUT2D eigenvalue weighted by molar-refractivity contribution is 5.89. The van der Waals surface area contributed by atoms with Gasteiger partial charge < -0.3 is 10.4 Å². The lowest BCUT2D eigenvalue weighted by Crippen LogP contribution is -2.36. The Bertz CT molecular complexity index is 1050. The molecule has 0 aliphatic heterocycles. The molecule has 0 unspecified atom stereocenters. The molecule has 3 aromatic rings. The molecule has 0 spiro atoms. The Morgan fingerprint density at radius 3 is 2.61 bits per heavy atom. The van der Waals surface area contributed by atoms with Crippen LogP contribution < -0.4 is 5.32 Å². The van der Waals surface area contributed by atoms with Gasteiger partial charge in [0.1, 0.15) is 11.5 Å². The van der Waals surface area contributed by atoms with E-state index in [9.17, 15) is 18.0 Å². The maximum absolute atomic E-state index is 14.4. The molecule has 28 heavy (non-hydrogen) atoms. The Morgan fingerprint density at radius 1 is 1.25 bits per heavy atom. The molecule has 0 saturated heterocycles. The Hall–Kier alpha value is -3.17. The summed E-state index contributed by atoms with van der Waals surface area (Å²) in [5, 5.41) is 18.5. The highest BCUT2D eigenvalue weighted by atomic mass is 19.1. The van der Waals surface area contributed by atoms with Crippen molar-refractivity contribution in [1.29, 1.82) is 0 Å². The Morgan fingerprint density at radius 2 is 1.96 bits per heavy atom. The van der Waals surface area contributed by atoms with E-state index < -0.39 is 34.9 Å². The van der Waals surface area contributed by atoms with Crippen LogP contribution in [0.5, 0.6) is 0 Å². The maximum Gasteiger partial charge on any atom is 0.305 e. The first-order valence-electron chi connectivity index (χ1n) is 8.40. The van der Waals surface area contributed by atoms with Crippen LogP contribution in [-0.4, -0.2) is 37.3 Å². The van der Waals surface area contributed by atoms with Gasteiger partial charge in [-0.3, -0.25) is 9.89 Å². The average Bonchev–Trinajstić information content (AvgIpc) is 2.98. The molecule has 7 nitrogen and oxygen atoms in total. The number of anilines is 1. The third-order valence-electron chi connectivity index (χ3n) is 4.28. The van der Waals surface area contributed by atoms with Crippen LogP contribution in [0.1, 0.15) is 27.2 Å². The third-order valence-corrected chi connectivity index (χ3v) is 4.28. The van der Waals surface area contributed by atoms with Gasteiger partial charge in [-0.05, 0) is 11.5 Å². The Labute approximate surface area is 158 Å². The second kappa shape index (κ2) is 7.10. The molecule has 0 aliphatic carbocycles. The fraction of sp³-hybridized carbons (Fsp3) is 0.333. The van der Waals surface area contributed by atoms with Crippen LogP contribution in [0.4, 0.5) is 19.0 Å². The number of carboxylic acid groups (broad SMARTS) is 1. The van der Waals surface area contributed by atoms with E-state index in [4.69, 9.17) is 5.11 Å². The molecule has 0 saturated carbocycles. The molecule has 0 radical (unpaired) electrons. The van der Waals surface area contributed by atoms with Gasteiger partial charge in [0.25, 0.3) is 0 Å². The summed E-state index contributed by atoms with van der Waals surface area (Å²) in [6.45, 7) is 5.35. The van der Waals surface area contributed by atoms with Crippen LogP contribution in [0.15, 0.2) is 18.3 Å². The van der Waals surface area contributed by atoms with Gasteiger partial charge in [-0.1, -0.05) is 20.8 Å². The van der Waals surface area contributed by atoms with Gasteiger partial charge >= 0.3 is 5.97 Å². The van der Waals surface area contributed by atoms with Crippen LogP contribution in [-0.2, 0) is 4.79 Å². The number of rotatable bonds is 5. The second-order valence-corrected chi connectivity index (χ2v) is 7.43. The Kier molecular flexibility index (Phi) is 4.97. The molecule has 0 aliphatic rings. The minimum absolute atomic E-state index is 0.0353. The summed E-state index contributed by atoms with van der Waals surface area (Å²) in [7, 11) is 0. The number of carboxylic acids is 1. The topological polar surface area (TPSA) is 104 Å². The lowest BCUT2D eigenvalue weighted by Gasteiger charge is -2.31. The zero-order chi connectivity index (χ0) is 20.6. The predicted molar refractivity (Wildman–Crippen MR) is 96.1 cm³/mol. The van der Waals surface area contributed by atoms with E-state index in [1.54, 1.807) is 20.8 Å². The monoisotopic (exact) mass is 393 g/mol. The van der Waals surface area contributed by atoms with Crippen molar-refractivity contribution in [3.05, 3.63) is 35.8 Å². The SMILES string of the molecule is CC(C)(C)[C@@H](CC(=O)O)Nc1nc(-c2[nH]nc3ncc(F)cc23)c(F)cc1F. The van der Waals surface area contributed by atoms with Gasteiger partial charge in [0.2, 0.25) is 0 Å². The molecular formula is C18H18F3N5O2. The predicted octanol–water partition coefficient (Wildman–Crippen LogP) is 3.74. The van der Waals surface area contributed by atoms with Crippen molar-refractivity contribution < 1.29 is 23.1 Å². The molecule has 3 aromatic heterocycles. The molecule has 0 fully saturated rings. The molecule has 1 atom stereocenters. The normalized spacial score (nSPS) is 12.9. The van der Waals surface area contributed by atoms with Crippen LogP contribution in [0.3, 0.4) is 0 Å². The molecule has 3 heterocycles. The quantitative estimate of drug-likeness (QED) is 0.610. The standard InChI is InChI=1S/C18H18F3N5O2/c1-18(2,3)12(6-13(27)28)23-17-11(21)5-10(20)15(24-17)14-9-4-8(19)7-22-16(9)26-25-14/h4-5,7,12H,6H2,1-3H3,(H,23,24)(H,27,28)(H,22,25,26)/t12-/m1/s1. The van der Waals surface area contributed by atoms with E-state index in [-0.39, 0.29) is 34.7 Å². The van der Waals surface area contributed by atoms with Crippen molar-refractivity contribution in [2.45, 2.75) is 33.2 Å². The largest absolute Gasteiger partial charge is 0.481 e. The summed E-state index contributed by atoms with van der Waals surface area (Å²) < 4.78 is 42.3. The van der Waals surface area contributed by atoms with Gasteiger partial charge in [0.05, 0.1) is 23.7 Å². The van der Waals surface area contributed by atoms with Crippen molar-refractivity contribution in [3.63, 3.8) is 0 Å². The zero-order valence-corrected chi connectivity index (χ0v) is 15.3. The number of nitrogens with one attached hydrogen (secondary N) is 2. The molecule has 148 valence electrons. The first-order chi connectivity index (χ1) is 13.1. The van der Waals surface area contributed by atoms with E-state index in [0.717, 1.165) is 12.3 Å². The molecule has 3 rings (SSSR count). The molecule has 0 amide bonds. The van der Waals surface area contributed by atoms with Crippen molar-refractivity contribution in [2.75, 3.05) is 5.32 Å². The first kappa shape index (κ1) is 19.6. The lowest BCUT2D eigenvalue weighted by atomic mass is 9.84. The number of aliphatic carboxylic acids is 1. The number of fused-ring (bicyclic) bond motifs is 1. The Balaban J connectivity index is 2.07. The number of aromatic amines is 1. The van der Waals surface area contributed by atoms with Gasteiger partial charge in [-0.15, -0.1) is 0 Å². The average molecular weight is 393 g/mol. The minimum atomic E-state index is -1.07. The van der Waals surface area contributed by atoms with E-state index in [1.807, 2.05) is 0 Å². The van der Waals surface area contributed by atoms with Crippen LogP contribution >= 0.6 is 0 Å². The fourth-order valence-electron chi connectivity index (χ4n) is 2.71. The van der Waals surface area contributed by atoms with Gasteiger partial charge in [-0.25, -0.2) is 23.1 Å². The number of halogens is 3. The number of aromatic nitrogens is 4. The minimum Gasteiger partial charge on any atom is -0.481 e. The number of hydrogen-bond acceptors (Lipinski definition) is 5. The number of carbonyl (C=O) groups is 1. The van der Waals surface area contributed by atoms with Crippen molar-refractivity contribution >= 4 is 22.8 Å². The summed E-state index contributed by atoms with van der Waals surface area (Å²) in [4.78, 5) is 18.9. The van der Waals surface area contributed by atoms with E-state index in [0.29, 0.717) is 6.07 Å². The van der Waals surface area contributed by atoms with Crippen molar-refractivity contribution in [3.8, 4) is 11.4 Å². The smallest absolute Gasteiger partial charge is 0.305 e. The fourth-order valence-corrected chi connectivity index (χ4v) is 2.71. The first-order valence-corrected chi connectivity index (χ1v) is 8.40. The molecule has 0 aromatic carbocycles. The molecule has 3 N–H and O–H groups in total. The molecular weight excluding hydrogens is 375 g/mol. The summed E-state index contributed by atoms with van der Waals surface area (Å²) in [6.07, 6.45) is 0.674. The molecule has 10 heteroatoms. The summed E-state index contributed by atoms with van der Waals surface area (Å²) in [5.41, 5.74) is -0.654. The lowest BCUT2D eigenvalue weighted by molar-refractivity contribution is -0.137. The van der Waals surface area contributed by atoms with Crippen molar-refractivity contribution in [1.82, 2.24) is 20.2 Å². The van der Waals surface area contributed by atoms with Crippen molar-refractivity contribution in [2.24, 2.45) is 5.41 Å². The summed E-state index contributed by atoms with van der Waals surface area (Å²) in [6, 6.07) is 1.06.